The fourth-order valence-corrected chi connectivity index (χ4v) is 5.15. The Hall–Kier alpha value is -2.29. The van der Waals surface area contributed by atoms with Gasteiger partial charge in [0.25, 0.3) is 0 Å². The van der Waals surface area contributed by atoms with E-state index in [4.69, 9.17) is 21.1 Å². The molecule has 0 aliphatic carbocycles. The van der Waals surface area contributed by atoms with Crippen molar-refractivity contribution in [2.75, 3.05) is 19.8 Å². The minimum atomic E-state index is -0.453. The number of nitrogens with one attached hydrogen (secondary N) is 1. The first-order chi connectivity index (χ1) is 15.5. The number of aliphatic imine (C=N–C) groups is 1. The van der Waals surface area contributed by atoms with E-state index in [1.165, 1.54) is 11.8 Å². The molecule has 3 heterocycles. The highest BCUT2D eigenvalue weighted by Crippen LogP contribution is 2.44. The van der Waals surface area contributed by atoms with Gasteiger partial charge in [0.2, 0.25) is 5.91 Å². The smallest absolute Gasteiger partial charge is 0.338 e. The summed E-state index contributed by atoms with van der Waals surface area (Å²) in [5.41, 5.74) is 2.73. The average molecular weight is 476 g/mol. The lowest BCUT2D eigenvalue weighted by atomic mass is 9.94. The quantitative estimate of drug-likeness (QED) is 0.596. The number of fused-ring (bicyclic) bond motifs is 1. The van der Waals surface area contributed by atoms with Gasteiger partial charge in [-0.25, -0.2) is 9.79 Å². The number of benzene rings is 1. The van der Waals surface area contributed by atoms with Gasteiger partial charge in [-0.2, -0.15) is 0 Å². The molecule has 1 N–H and O–H groups in total. The minimum absolute atomic E-state index is 0.0841. The van der Waals surface area contributed by atoms with Gasteiger partial charge in [0.05, 0.1) is 36.4 Å². The van der Waals surface area contributed by atoms with E-state index in [1.807, 2.05) is 29.4 Å². The molecule has 0 bridgehead atoms. The fourth-order valence-electron chi connectivity index (χ4n) is 4.06. The van der Waals surface area contributed by atoms with Crippen molar-refractivity contribution in [3.05, 3.63) is 57.2 Å². The predicted octanol–water partition coefficient (Wildman–Crippen LogP) is 4.16. The van der Waals surface area contributed by atoms with Gasteiger partial charge in [-0.1, -0.05) is 35.5 Å². The molecule has 1 amide bonds. The number of nitrogens with zero attached hydrogens (tertiary/aromatic N) is 2. The summed E-state index contributed by atoms with van der Waals surface area (Å²) in [6.45, 7) is 5.11. The molecule has 0 saturated carbocycles. The van der Waals surface area contributed by atoms with Crippen LogP contribution in [0.3, 0.4) is 0 Å². The van der Waals surface area contributed by atoms with Gasteiger partial charge in [-0.05, 0) is 49.8 Å². The number of esters is 1. The first-order valence-electron chi connectivity index (χ1n) is 10.7. The van der Waals surface area contributed by atoms with Gasteiger partial charge in [0.1, 0.15) is 0 Å². The zero-order chi connectivity index (χ0) is 22.7. The number of carbonyl (C=O) groups excluding carboxylic acids is 2. The monoisotopic (exact) mass is 475 g/mol. The molecule has 0 unspecified atom stereocenters. The number of carbonyl (C=O) groups is 2. The lowest BCUT2D eigenvalue weighted by Gasteiger charge is -2.36. The third-order valence-corrected chi connectivity index (χ3v) is 6.72. The largest absolute Gasteiger partial charge is 0.463 e. The van der Waals surface area contributed by atoms with E-state index in [9.17, 15) is 9.59 Å². The van der Waals surface area contributed by atoms with Crippen molar-refractivity contribution in [1.82, 2.24) is 10.2 Å². The van der Waals surface area contributed by atoms with Gasteiger partial charge >= 0.3 is 5.97 Å². The molecule has 1 saturated heterocycles. The van der Waals surface area contributed by atoms with Crippen molar-refractivity contribution in [2.24, 2.45) is 4.99 Å². The highest BCUT2D eigenvalue weighted by Gasteiger charge is 2.41. The van der Waals surface area contributed by atoms with Crippen LogP contribution in [0.25, 0.3) is 0 Å². The van der Waals surface area contributed by atoms with Gasteiger partial charge in [-0.3, -0.25) is 4.79 Å². The van der Waals surface area contributed by atoms with Crippen LogP contribution in [0.1, 0.15) is 44.7 Å². The van der Waals surface area contributed by atoms with E-state index in [0.29, 0.717) is 22.8 Å². The van der Waals surface area contributed by atoms with Crippen molar-refractivity contribution < 1.29 is 19.1 Å². The number of amides is 1. The molecule has 0 aromatic heterocycles. The van der Waals surface area contributed by atoms with Crippen molar-refractivity contribution in [3.63, 3.8) is 0 Å². The second-order valence-electron chi connectivity index (χ2n) is 7.78. The van der Waals surface area contributed by atoms with Crippen LogP contribution in [0.5, 0.6) is 0 Å². The van der Waals surface area contributed by atoms with E-state index in [1.54, 1.807) is 19.1 Å². The average Bonchev–Trinajstić information content (AvgIpc) is 3.42. The molecule has 170 valence electrons. The number of hydrogen-bond acceptors (Lipinski definition) is 7. The molecule has 0 radical (unpaired) electrons. The number of thioether (sulfide) groups is 1. The Balaban J connectivity index is 1.59. The maximum absolute atomic E-state index is 12.9. The third kappa shape index (κ3) is 4.87. The molecule has 9 heteroatoms. The molecule has 4 rings (SSSR count). The van der Waals surface area contributed by atoms with Crippen LogP contribution in [-0.2, 0) is 19.1 Å². The molecule has 7 nitrogen and oxygen atoms in total. The normalized spacial score (nSPS) is 22.4. The Labute approximate surface area is 196 Å². The van der Waals surface area contributed by atoms with Crippen LogP contribution in [0.4, 0.5) is 0 Å². The molecule has 2 atom stereocenters. The molecular weight excluding hydrogens is 450 g/mol. The Kier molecular flexibility index (Phi) is 7.23. The van der Waals surface area contributed by atoms with Crippen LogP contribution in [0.2, 0.25) is 5.02 Å². The summed E-state index contributed by atoms with van der Waals surface area (Å²) in [6, 6.07) is 6.91. The van der Waals surface area contributed by atoms with Gasteiger partial charge < -0.3 is 19.7 Å². The predicted molar refractivity (Wildman–Crippen MR) is 125 cm³/mol. The third-order valence-electron chi connectivity index (χ3n) is 5.57. The van der Waals surface area contributed by atoms with Gasteiger partial charge in [0.15, 0.2) is 5.17 Å². The summed E-state index contributed by atoms with van der Waals surface area (Å²) in [5.74, 6) is -0.501. The lowest BCUT2D eigenvalue weighted by Crippen LogP contribution is -2.38. The van der Waals surface area contributed by atoms with Crippen molar-refractivity contribution in [2.45, 2.75) is 45.3 Å². The summed E-state index contributed by atoms with van der Waals surface area (Å²) in [7, 11) is 0. The summed E-state index contributed by atoms with van der Waals surface area (Å²) in [6.07, 6.45) is 2.26. The first-order valence-corrected chi connectivity index (χ1v) is 12.0. The van der Waals surface area contributed by atoms with E-state index in [2.05, 4.69) is 10.3 Å². The number of rotatable bonds is 7. The fraction of sp³-hybridized carbons (Fsp3) is 0.435. The van der Waals surface area contributed by atoms with E-state index in [-0.39, 0.29) is 25.0 Å². The van der Waals surface area contributed by atoms with Crippen molar-refractivity contribution in [3.8, 4) is 0 Å². The second-order valence-corrected chi connectivity index (χ2v) is 9.05. The SMILES string of the molecule is CCOC(=O)C1=C(C)N=C2SC=C(CC(=O)NC[C@@H]3CCCO3)N2[C@@H]1c1ccc(Cl)cc1. The Morgan fingerprint density at radius 3 is 2.81 bits per heavy atom. The highest BCUT2D eigenvalue weighted by atomic mass is 35.5. The molecular formula is C23H26ClN3O4S. The molecule has 1 fully saturated rings. The van der Waals surface area contributed by atoms with Gasteiger partial charge in [-0.15, -0.1) is 0 Å². The van der Waals surface area contributed by atoms with E-state index >= 15 is 0 Å². The zero-order valence-electron chi connectivity index (χ0n) is 18.1. The Morgan fingerprint density at radius 2 is 2.12 bits per heavy atom. The number of ether oxygens (including phenoxy) is 2. The standard InChI is InChI=1S/C23H26ClN3O4S/c1-3-30-22(29)20-14(2)26-23-27(21(20)15-6-8-16(24)9-7-15)17(13-32-23)11-19(28)25-12-18-5-4-10-31-18/h6-9,13,18,21H,3-5,10-12H2,1-2H3,(H,25,28)/t18-,21+/m0/s1. The maximum Gasteiger partial charge on any atom is 0.338 e. The maximum atomic E-state index is 12.9. The second kappa shape index (κ2) is 10.1. The van der Waals surface area contributed by atoms with E-state index < -0.39 is 12.0 Å². The zero-order valence-corrected chi connectivity index (χ0v) is 19.7. The van der Waals surface area contributed by atoms with Crippen LogP contribution in [0.15, 0.2) is 51.6 Å². The molecule has 32 heavy (non-hydrogen) atoms. The molecule has 1 aromatic carbocycles. The lowest BCUT2D eigenvalue weighted by molar-refractivity contribution is -0.139. The highest BCUT2D eigenvalue weighted by molar-refractivity contribution is 8.16. The minimum Gasteiger partial charge on any atom is -0.463 e. The molecule has 0 spiro atoms. The van der Waals surface area contributed by atoms with Crippen LogP contribution >= 0.6 is 23.4 Å². The van der Waals surface area contributed by atoms with Crippen LogP contribution in [-0.4, -0.2) is 47.8 Å². The molecule has 3 aliphatic rings. The molecule has 1 aromatic rings. The summed E-state index contributed by atoms with van der Waals surface area (Å²) < 4.78 is 10.9. The van der Waals surface area contributed by atoms with Crippen LogP contribution in [0, 0.1) is 0 Å². The number of amidine groups is 1. The van der Waals surface area contributed by atoms with Crippen molar-refractivity contribution >= 4 is 40.4 Å². The number of allylic oxidation sites excluding steroid dienone is 1. The number of halogens is 1. The van der Waals surface area contributed by atoms with E-state index in [0.717, 1.165) is 35.9 Å². The van der Waals surface area contributed by atoms with Gasteiger partial charge in [0, 0.05) is 23.9 Å². The first kappa shape index (κ1) is 22.9. The summed E-state index contributed by atoms with van der Waals surface area (Å²) >= 11 is 7.55. The summed E-state index contributed by atoms with van der Waals surface area (Å²) in [5, 5.41) is 6.24. The number of hydrogen-bond donors (Lipinski definition) is 1. The molecule has 3 aliphatic heterocycles. The van der Waals surface area contributed by atoms with Crippen molar-refractivity contribution in [1.29, 1.82) is 0 Å². The topological polar surface area (TPSA) is 80.2 Å². The summed E-state index contributed by atoms with van der Waals surface area (Å²) in [4.78, 5) is 32.2. The Bertz CT molecular complexity index is 983. The van der Waals surface area contributed by atoms with Crippen LogP contribution < -0.4 is 5.32 Å². The Morgan fingerprint density at radius 1 is 1.34 bits per heavy atom.